The first kappa shape index (κ1) is 20.0. The van der Waals surface area contributed by atoms with Gasteiger partial charge < -0.3 is 0 Å². The fourth-order valence-corrected chi connectivity index (χ4v) is 4.24. The predicted molar refractivity (Wildman–Crippen MR) is 109 cm³/mol. The predicted octanol–water partition coefficient (Wildman–Crippen LogP) is 4.11. The quantitative estimate of drug-likeness (QED) is 0.418. The first-order chi connectivity index (χ1) is 12.0. The van der Waals surface area contributed by atoms with E-state index < -0.39 is 0 Å². The highest BCUT2D eigenvalue weighted by Crippen LogP contribution is 2.20. The van der Waals surface area contributed by atoms with Gasteiger partial charge >= 0.3 is 0 Å². The maximum atomic E-state index is 11.6. The second-order valence-electron chi connectivity index (χ2n) is 4.72. The van der Waals surface area contributed by atoms with Gasteiger partial charge in [0.1, 0.15) is 0 Å². The van der Waals surface area contributed by atoms with Crippen molar-refractivity contribution in [3.05, 3.63) is 41.6 Å². The van der Waals surface area contributed by atoms with Crippen molar-refractivity contribution < 1.29 is 9.59 Å². The van der Waals surface area contributed by atoms with Crippen molar-refractivity contribution in [3.8, 4) is 0 Å². The Labute approximate surface area is 169 Å². The molecule has 0 saturated carbocycles. The van der Waals surface area contributed by atoms with E-state index in [9.17, 15) is 9.59 Å². The van der Waals surface area contributed by atoms with Crippen molar-refractivity contribution >= 4 is 78.8 Å². The Morgan fingerprint density at radius 2 is 1.32 bits per heavy atom. The van der Waals surface area contributed by atoms with Crippen molar-refractivity contribution in [1.82, 2.24) is 10.9 Å². The van der Waals surface area contributed by atoms with E-state index in [2.05, 4.69) is 52.9 Å². The van der Waals surface area contributed by atoms with Crippen LogP contribution in [0.2, 0.25) is 0 Å². The van der Waals surface area contributed by atoms with Crippen molar-refractivity contribution in [2.45, 2.75) is 19.3 Å². The number of hydrogen-bond acceptors (Lipinski definition) is 6. The largest absolute Gasteiger partial charge is 0.273 e. The first-order valence-electron chi connectivity index (χ1n) is 7.17. The lowest BCUT2D eigenvalue weighted by Crippen LogP contribution is -2.20. The maximum Gasteiger partial charge on any atom is 0.240 e. The third-order valence-corrected chi connectivity index (χ3v) is 5.87. The first-order valence-corrected chi connectivity index (χ1v) is 10.4. The summed E-state index contributed by atoms with van der Waals surface area (Å²) in [6.07, 6.45) is 4.04. The summed E-state index contributed by atoms with van der Waals surface area (Å²) in [5.74, 6) is -0.460. The second-order valence-corrected chi connectivity index (χ2v) is 9.71. The molecule has 2 heterocycles. The van der Waals surface area contributed by atoms with Crippen LogP contribution in [-0.4, -0.2) is 24.2 Å². The molecule has 25 heavy (non-hydrogen) atoms. The molecular weight excluding hydrogens is 492 g/mol. The van der Waals surface area contributed by atoms with Gasteiger partial charge in [-0.1, -0.05) is 0 Å². The van der Waals surface area contributed by atoms with E-state index in [1.165, 1.54) is 22.7 Å². The zero-order chi connectivity index (χ0) is 18.1. The van der Waals surface area contributed by atoms with Crippen LogP contribution in [0.4, 0.5) is 0 Å². The zero-order valence-electron chi connectivity index (χ0n) is 12.9. The number of thiophene rings is 2. The van der Waals surface area contributed by atoms with Crippen LogP contribution in [0.5, 0.6) is 0 Å². The Morgan fingerprint density at radius 1 is 0.880 bits per heavy atom. The molecule has 0 atom stereocenters. The molecule has 2 rings (SSSR count). The van der Waals surface area contributed by atoms with Crippen LogP contribution in [0.15, 0.2) is 42.0 Å². The summed E-state index contributed by atoms with van der Waals surface area (Å²) >= 11 is 9.74. The molecular formula is C15H14Br2N4O2S2. The second kappa shape index (κ2) is 10.6. The summed E-state index contributed by atoms with van der Waals surface area (Å²) < 4.78 is 2.00. The molecule has 2 amide bonds. The molecule has 10 heteroatoms. The van der Waals surface area contributed by atoms with Crippen LogP contribution in [0, 0.1) is 0 Å². The summed E-state index contributed by atoms with van der Waals surface area (Å²) in [4.78, 5) is 25.1. The van der Waals surface area contributed by atoms with Gasteiger partial charge in [0.25, 0.3) is 0 Å². The van der Waals surface area contributed by atoms with Gasteiger partial charge in [-0.3, -0.25) is 9.59 Å². The fraction of sp³-hybridized carbons (Fsp3) is 0.200. The van der Waals surface area contributed by atoms with Gasteiger partial charge in [-0.05, 0) is 62.5 Å². The molecule has 0 bridgehead atoms. The van der Waals surface area contributed by atoms with Crippen LogP contribution in [0.3, 0.4) is 0 Å². The van der Waals surface area contributed by atoms with E-state index in [4.69, 9.17) is 0 Å². The van der Waals surface area contributed by atoms with Crippen molar-refractivity contribution in [2.75, 3.05) is 0 Å². The maximum absolute atomic E-state index is 11.6. The Kier molecular flexibility index (Phi) is 8.45. The lowest BCUT2D eigenvalue weighted by atomic mass is 10.2. The summed E-state index contributed by atoms with van der Waals surface area (Å²) in [5.41, 5.74) is 4.88. The number of nitrogens with one attached hydrogen (secondary N) is 2. The molecule has 0 aliphatic carbocycles. The van der Waals surface area contributed by atoms with Gasteiger partial charge in [-0.25, -0.2) is 10.9 Å². The highest BCUT2D eigenvalue weighted by Gasteiger charge is 2.04. The van der Waals surface area contributed by atoms with Crippen LogP contribution in [-0.2, 0) is 9.59 Å². The van der Waals surface area contributed by atoms with E-state index in [1.54, 1.807) is 12.4 Å². The number of amides is 2. The number of carbonyl (C=O) groups is 2. The lowest BCUT2D eigenvalue weighted by Gasteiger charge is -2.00. The minimum absolute atomic E-state index is 0.223. The van der Waals surface area contributed by atoms with Crippen molar-refractivity contribution in [1.29, 1.82) is 0 Å². The fourth-order valence-electron chi connectivity index (χ4n) is 1.65. The molecule has 0 aliphatic rings. The molecule has 132 valence electrons. The van der Waals surface area contributed by atoms with Crippen LogP contribution in [0.1, 0.15) is 29.0 Å². The highest BCUT2D eigenvalue weighted by atomic mass is 79.9. The topological polar surface area (TPSA) is 82.9 Å². The molecule has 0 saturated heterocycles. The Bertz CT molecular complexity index is 722. The molecule has 0 radical (unpaired) electrons. The highest BCUT2D eigenvalue weighted by molar-refractivity contribution is 9.11. The molecule has 0 aliphatic heterocycles. The number of hydrogen-bond donors (Lipinski definition) is 2. The Balaban J connectivity index is 1.59. The SMILES string of the molecule is O=C(CCCC(=O)N/N=C\c1ccc(Br)s1)N/N=C\c1ccc(Br)s1. The number of rotatable bonds is 8. The van der Waals surface area contributed by atoms with Gasteiger partial charge in [0.15, 0.2) is 0 Å². The average molecular weight is 506 g/mol. The summed E-state index contributed by atoms with van der Waals surface area (Å²) in [5, 5.41) is 7.75. The molecule has 2 aromatic heterocycles. The number of halogens is 2. The third-order valence-electron chi connectivity index (χ3n) is 2.76. The van der Waals surface area contributed by atoms with Gasteiger partial charge in [0, 0.05) is 22.6 Å². The van der Waals surface area contributed by atoms with E-state index in [0.717, 1.165) is 17.3 Å². The molecule has 0 fully saturated rings. The Hall–Kier alpha value is -1.36. The number of hydrazone groups is 2. The van der Waals surface area contributed by atoms with Crippen LogP contribution in [0.25, 0.3) is 0 Å². The molecule has 0 unspecified atom stereocenters. The molecule has 6 nitrogen and oxygen atoms in total. The van der Waals surface area contributed by atoms with Gasteiger partial charge in [0.2, 0.25) is 11.8 Å². The molecule has 2 aromatic rings. The minimum atomic E-state index is -0.230. The summed E-state index contributed by atoms with van der Waals surface area (Å²) in [6, 6.07) is 7.60. The zero-order valence-corrected chi connectivity index (χ0v) is 17.7. The average Bonchev–Trinajstić information content (AvgIpc) is 3.16. The molecule has 0 aromatic carbocycles. The number of nitrogens with zero attached hydrogens (tertiary/aromatic N) is 2. The normalized spacial score (nSPS) is 11.3. The third kappa shape index (κ3) is 8.04. The van der Waals surface area contributed by atoms with Crippen molar-refractivity contribution in [3.63, 3.8) is 0 Å². The van der Waals surface area contributed by atoms with Gasteiger partial charge in [0.05, 0.1) is 20.0 Å². The van der Waals surface area contributed by atoms with Crippen LogP contribution < -0.4 is 10.9 Å². The van der Waals surface area contributed by atoms with E-state index in [0.29, 0.717) is 6.42 Å². The number of carbonyl (C=O) groups excluding carboxylic acids is 2. The van der Waals surface area contributed by atoms with Gasteiger partial charge in [-0.15, -0.1) is 22.7 Å². The summed E-state index contributed by atoms with van der Waals surface area (Å²) in [7, 11) is 0. The minimum Gasteiger partial charge on any atom is -0.273 e. The monoisotopic (exact) mass is 504 g/mol. The standard InChI is InChI=1S/C15H14Br2N4O2S2/c16-12-6-4-10(24-12)8-18-20-14(22)2-1-3-15(23)21-19-9-11-5-7-13(17)25-11/h4-9H,1-3H2,(H,20,22)(H,21,23)/b18-8-,19-9-. The summed E-state index contributed by atoms with van der Waals surface area (Å²) in [6.45, 7) is 0. The van der Waals surface area contributed by atoms with Crippen molar-refractivity contribution in [2.24, 2.45) is 10.2 Å². The van der Waals surface area contributed by atoms with Gasteiger partial charge in [-0.2, -0.15) is 10.2 Å². The van der Waals surface area contributed by atoms with E-state index in [-0.39, 0.29) is 24.7 Å². The van der Waals surface area contributed by atoms with E-state index in [1.807, 2.05) is 24.3 Å². The lowest BCUT2D eigenvalue weighted by molar-refractivity contribution is -0.122. The van der Waals surface area contributed by atoms with E-state index >= 15 is 0 Å². The molecule has 0 spiro atoms. The smallest absolute Gasteiger partial charge is 0.240 e. The van der Waals surface area contributed by atoms with Crippen LogP contribution >= 0.6 is 54.5 Å². The Morgan fingerprint density at radius 3 is 1.68 bits per heavy atom. The molecule has 2 N–H and O–H groups in total.